The Labute approximate surface area is 146 Å². The van der Waals surface area contributed by atoms with Crippen LogP contribution in [0.25, 0.3) is 0 Å². The van der Waals surface area contributed by atoms with E-state index in [9.17, 15) is 9.59 Å². The van der Waals surface area contributed by atoms with Crippen molar-refractivity contribution >= 4 is 5.91 Å². The standard InChI is InChI=1S/C19H23N3O3/c1-13-4-3-5-16(12-13)25-14(2)19(24)20-10-11-22-18(23)9-8-17(21-22)15-6-7-15/h3-5,8-9,12,14-15H,6-7,10-11H2,1-2H3,(H,20,24)/t14-/m1/s1. The van der Waals surface area contributed by atoms with Crippen molar-refractivity contribution in [3.63, 3.8) is 0 Å². The van der Waals surface area contributed by atoms with E-state index in [1.807, 2.05) is 31.2 Å². The Kier molecular flexibility index (Phi) is 5.16. The number of amides is 1. The Morgan fingerprint density at radius 1 is 1.36 bits per heavy atom. The van der Waals surface area contributed by atoms with E-state index < -0.39 is 6.10 Å². The molecule has 1 atom stereocenters. The first-order valence-corrected chi connectivity index (χ1v) is 8.62. The van der Waals surface area contributed by atoms with Crippen LogP contribution in [0.3, 0.4) is 0 Å². The molecule has 1 fully saturated rings. The van der Waals surface area contributed by atoms with Crippen molar-refractivity contribution < 1.29 is 9.53 Å². The molecule has 6 heteroatoms. The highest BCUT2D eigenvalue weighted by Crippen LogP contribution is 2.38. The van der Waals surface area contributed by atoms with Gasteiger partial charge in [0.1, 0.15) is 5.75 Å². The molecule has 25 heavy (non-hydrogen) atoms. The number of benzene rings is 1. The summed E-state index contributed by atoms with van der Waals surface area (Å²) in [5.41, 5.74) is 1.89. The highest BCUT2D eigenvalue weighted by atomic mass is 16.5. The first-order chi connectivity index (χ1) is 12.0. The molecule has 1 aliphatic carbocycles. The third-order valence-electron chi connectivity index (χ3n) is 4.18. The van der Waals surface area contributed by atoms with Gasteiger partial charge in [-0.15, -0.1) is 0 Å². The fraction of sp³-hybridized carbons (Fsp3) is 0.421. The van der Waals surface area contributed by atoms with Crippen LogP contribution in [-0.2, 0) is 11.3 Å². The molecule has 1 saturated carbocycles. The fourth-order valence-corrected chi connectivity index (χ4v) is 2.60. The van der Waals surface area contributed by atoms with E-state index in [-0.39, 0.29) is 11.5 Å². The maximum Gasteiger partial charge on any atom is 0.266 e. The van der Waals surface area contributed by atoms with Crippen LogP contribution < -0.4 is 15.6 Å². The SMILES string of the molecule is Cc1cccc(O[C@H](C)C(=O)NCCn2nc(C3CC3)ccc2=O)c1. The van der Waals surface area contributed by atoms with Crippen molar-refractivity contribution in [1.29, 1.82) is 0 Å². The van der Waals surface area contributed by atoms with Crippen LogP contribution in [0.5, 0.6) is 5.75 Å². The zero-order valence-electron chi connectivity index (χ0n) is 14.6. The lowest BCUT2D eigenvalue weighted by atomic mass is 10.2. The number of hydrogen-bond acceptors (Lipinski definition) is 4. The van der Waals surface area contributed by atoms with Crippen molar-refractivity contribution in [3.8, 4) is 5.75 Å². The van der Waals surface area contributed by atoms with Crippen LogP contribution in [-0.4, -0.2) is 28.3 Å². The molecule has 2 aromatic rings. The highest BCUT2D eigenvalue weighted by molar-refractivity contribution is 5.80. The van der Waals surface area contributed by atoms with Crippen molar-refractivity contribution in [1.82, 2.24) is 15.1 Å². The van der Waals surface area contributed by atoms with Gasteiger partial charge in [0.15, 0.2) is 6.10 Å². The summed E-state index contributed by atoms with van der Waals surface area (Å²) in [6.45, 7) is 4.36. The lowest BCUT2D eigenvalue weighted by Gasteiger charge is -2.15. The van der Waals surface area contributed by atoms with Gasteiger partial charge in [-0.1, -0.05) is 12.1 Å². The van der Waals surface area contributed by atoms with Crippen LogP contribution in [0.4, 0.5) is 0 Å². The summed E-state index contributed by atoms with van der Waals surface area (Å²) in [5, 5.41) is 7.17. The zero-order valence-corrected chi connectivity index (χ0v) is 14.6. The van der Waals surface area contributed by atoms with Gasteiger partial charge in [-0.2, -0.15) is 5.10 Å². The van der Waals surface area contributed by atoms with E-state index in [4.69, 9.17) is 4.74 Å². The van der Waals surface area contributed by atoms with Gasteiger partial charge in [-0.3, -0.25) is 9.59 Å². The lowest BCUT2D eigenvalue weighted by Crippen LogP contribution is -2.39. The van der Waals surface area contributed by atoms with E-state index in [2.05, 4.69) is 10.4 Å². The number of nitrogens with zero attached hydrogens (tertiary/aromatic N) is 2. The molecule has 1 aromatic carbocycles. The van der Waals surface area contributed by atoms with E-state index in [1.165, 1.54) is 4.68 Å². The summed E-state index contributed by atoms with van der Waals surface area (Å²) in [5.74, 6) is 0.940. The molecule has 0 radical (unpaired) electrons. The number of carbonyl (C=O) groups excluding carboxylic acids is 1. The fourth-order valence-electron chi connectivity index (χ4n) is 2.60. The van der Waals surface area contributed by atoms with Gasteiger partial charge in [-0.05, 0) is 50.5 Å². The molecular weight excluding hydrogens is 318 g/mol. The average molecular weight is 341 g/mol. The van der Waals surface area contributed by atoms with Gasteiger partial charge in [0, 0.05) is 18.5 Å². The molecule has 1 aliphatic rings. The van der Waals surface area contributed by atoms with Crippen molar-refractivity contribution in [2.24, 2.45) is 0 Å². The van der Waals surface area contributed by atoms with Crippen molar-refractivity contribution in [3.05, 3.63) is 58.0 Å². The lowest BCUT2D eigenvalue weighted by molar-refractivity contribution is -0.127. The second kappa shape index (κ2) is 7.51. The van der Waals surface area contributed by atoms with Gasteiger partial charge in [-0.25, -0.2) is 4.68 Å². The summed E-state index contributed by atoms with van der Waals surface area (Å²) < 4.78 is 7.06. The van der Waals surface area contributed by atoms with Crippen molar-refractivity contribution in [2.45, 2.75) is 45.3 Å². The van der Waals surface area contributed by atoms with Gasteiger partial charge in [0.25, 0.3) is 11.5 Å². The Hall–Kier alpha value is -2.63. The van der Waals surface area contributed by atoms with E-state index in [0.29, 0.717) is 24.8 Å². The molecule has 0 bridgehead atoms. The molecule has 0 saturated heterocycles. The third kappa shape index (κ3) is 4.68. The van der Waals surface area contributed by atoms with Gasteiger partial charge >= 0.3 is 0 Å². The summed E-state index contributed by atoms with van der Waals surface area (Å²) in [4.78, 5) is 24.0. The van der Waals surface area contributed by atoms with Crippen LogP contribution in [0.2, 0.25) is 0 Å². The number of hydrogen-bond donors (Lipinski definition) is 1. The molecule has 6 nitrogen and oxygen atoms in total. The summed E-state index contributed by atoms with van der Waals surface area (Å²) in [6, 6.07) is 10.9. The van der Waals surface area contributed by atoms with Crippen LogP contribution in [0.1, 0.15) is 36.9 Å². The largest absolute Gasteiger partial charge is 0.481 e. The van der Waals surface area contributed by atoms with Crippen LogP contribution in [0.15, 0.2) is 41.2 Å². The van der Waals surface area contributed by atoms with Crippen molar-refractivity contribution in [2.75, 3.05) is 6.54 Å². The maximum atomic E-state index is 12.1. The predicted molar refractivity (Wildman–Crippen MR) is 94.8 cm³/mol. The van der Waals surface area contributed by atoms with Crippen LogP contribution >= 0.6 is 0 Å². The molecule has 132 valence electrons. The summed E-state index contributed by atoms with van der Waals surface area (Å²) in [6.07, 6.45) is 1.66. The molecule has 0 unspecified atom stereocenters. The molecule has 1 amide bonds. The highest BCUT2D eigenvalue weighted by Gasteiger charge is 2.25. The number of carbonyl (C=O) groups is 1. The number of ether oxygens (including phenoxy) is 1. The number of nitrogens with one attached hydrogen (secondary N) is 1. The Bertz CT molecular complexity index is 812. The van der Waals surface area contributed by atoms with Gasteiger partial charge in [0.2, 0.25) is 0 Å². The molecule has 1 aromatic heterocycles. The first kappa shape index (κ1) is 17.2. The minimum absolute atomic E-state index is 0.150. The monoisotopic (exact) mass is 341 g/mol. The predicted octanol–water partition coefficient (Wildman–Crippen LogP) is 2.01. The maximum absolute atomic E-state index is 12.1. The number of aromatic nitrogens is 2. The molecule has 3 rings (SSSR count). The minimum atomic E-state index is -0.607. The van der Waals surface area contributed by atoms with Gasteiger partial charge < -0.3 is 10.1 Å². The Morgan fingerprint density at radius 3 is 2.88 bits per heavy atom. The van der Waals surface area contributed by atoms with E-state index in [1.54, 1.807) is 19.1 Å². The molecule has 1 N–H and O–H groups in total. The molecule has 0 aliphatic heterocycles. The minimum Gasteiger partial charge on any atom is -0.481 e. The second-order valence-corrected chi connectivity index (χ2v) is 6.46. The quantitative estimate of drug-likeness (QED) is 0.836. The molecule has 0 spiro atoms. The average Bonchev–Trinajstić information content (AvgIpc) is 3.41. The van der Waals surface area contributed by atoms with Crippen LogP contribution in [0, 0.1) is 6.92 Å². The van der Waals surface area contributed by atoms with E-state index >= 15 is 0 Å². The number of aryl methyl sites for hydroxylation is 1. The molecular formula is C19H23N3O3. The third-order valence-corrected chi connectivity index (χ3v) is 4.18. The zero-order chi connectivity index (χ0) is 17.8. The Balaban J connectivity index is 1.50. The Morgan fingerprint density at radius 2 is 2.16 bits per heavy atom. The van der Waals surface area contributed by atoms with E-state index in [0.717, 1.165) is 24.1 Å². The summed E-state index contributed by atoms with van der Waals surface area (Å²) in [7, 11) is 0. The normalized spacial score (nSPS) is 14.8. The summed E-state index contributed by atoms with van der Waals surface area (Å²) >= 11 is 0. The second-order valence-electron chi connectivity index (χ2n) is 6.46. The molecule has 1 heterocycles. The smallest absolute Gasteiger partial charge is 0.266 e. The first-order valence-electron chi connectivity index (χ1n) is 8.62. The topological polar surface area (TPSA) is 73.2 Å². The number of rotatable bonds is 7. The van der Waals surface area contributed by atoms with Gasteiger partial charge in [0.05, 0.1) is 12.2 Å².